The molecule has 0 aliphatic carbocycles. The first-order valence-electron chi connectivity index (χ1n) is 9.03. The zero-order chi connectivity index (χ0) is 18.8. The fourth-order valence-corrected chi connectivity index (χ4v) is 4.40. The van der Waals surface area contributed by atoms with Crippen LogP contribution < -0.4 is 16.2 Å². The highest BCUT2D eigenvalue weighted by molar-refractivity contribution is 7.15. The Morgan fingerprint density at radius 1 is 1.33 bits per heavy atom. The molecule has 1 aliphatic heterocycles. The number of aryl methyl sites for hydroxylation is 1. The summed E-state index contributed by atoms with van der Waals surface area (Å²) in [5, 5.41) is 7.25. The van der Waals surface area contributed by atoms with Gasteiger partial charge in [0.15, 0.2) is 5.13 Å². The van der Waals surface area contributed by atoms with Gasteiger partial charge in [-0.3, -0.25) is 14.2 Å². The molecule has 1 aliphatic rings. The molecule has 0 spiro atoms. The average Bonchev–Trinajstić information content (AvgIpc) is 3.14. The molecule has 0 radical (unpaired) electrons. The van der Waals surface area contributed by atoms with Crippen LogP contribution in [0, 0.1) is 6.92 Å². The van der Waals surface area contributed by atoms with Gasteiger partial charge in [0.05, 0.1) is 17.2 Å². The van der Waals surface area contributed by atoms with Crippen molar-refractivity contribution in [1.29, 1.82) is 0 Å². The fraction of sp³-hybridized carbons (Fsp3) is 0.368. The van der Waals surface area contributed by atoms with E-state index in [0.29, 0.717) is 22.0 Å². The van der Waals surface area contributed by atoms with Crippen LogP contribution in [-0.4, -0.2) is 33.5 Å². The summed E-state index contributed by atoms with van der Waals surface area (Å²) in [6, 6.07) is 5.47. The minimum atomic E-state index is -0.280. The van der Waals surface area contributed by atoms with E-state index in [1.807, 2.05) is 25.3 Å². The van der Waals surface area contributed by atoms with E-state index in [0.717, 1.165) is 31.5 Å². The highest BCUT2D eigenvalue weighted by Crippen LogP contribution is 2.31. The standard InChI is InChI=1S/C19H21N5O2S/c1-12-3-2-4-14-17(12)22-11-24(18(14)26)10-16(25)23-19-21-9-15(27-19)13-5-7-20-8-6-13/h2-4,9,11,13,20H,5-8,10H2,1H3,(H,21,23,25). The molecule has 2 N–H and O–H groups in total. The molecule has 0 saturated carbocycles. The number of rotatable bonds is 4. The molecule has 140 valence electrons. The first-order chi connectivity index (χ1) is 13.1. The van der Waals surface area contributed by atoms with E-state index >= 15 is 0 Å². The van der Waals surface area contributed by atoms with E-state index in [9.17, 15) is 9.59 Å². The third-order valence-electron chi connectivity index (χ3n) is 4.88. The summed E-state index contributed by atoms with van der Waals surface area (Å²) in [6.07, 6.45) is 5.46. The van der Waals surface area contributed by atoms with E-state index in [4.69, 9.17) is 0 Å². The molecule has 0 unspecified atom stereocenters. The maximum atomic E-state index is 12.6. The van der Waals surface area contributed by atoms with Crippen LogP contribution in [0.5, 0.6) is 0 Å². The van der Waals surface area contributed by atoms with Gasteiger partial charge in [0.25, 0.3) is 5.56 Å². The van der Waals surface area contributed by atoms with Gasteiger partial charge in [0.2, 0.25) is 5.91 Å². The molecule has 8 heteroatoms. The number of nitrogens with one attached hydrogen (secondary N) is 2. The molecule has 7 nitrogen and oxygen atoms in total. The number of amides is 1. The lowest BCUT2D eigenvalue weighted by atomic mass is 9.97. The van der Waals surface area contributed by atoms with E-state index in [1.165, 1.54) is 27.1 Å². The largest absolute Gasteiger partial charge is 0.317 e. The first kappa shape index (κ1) is 17.8. The number of hydrogen-bond donors (Lipinski definition) is 2. The highest BCUT2D eigenvalue weighted by atomic mass is 32.1. The second kappa shape index (κ2) is 7.58. The van der Waals surface area contributed by atoms with Gasteiger partial charge in [-0.1, -0.05) is 12.1 Å². The van der Waals surface area contributed by atoms with Crippen molar-refractivity contribution in [2.75, 3.05) is 18.4 Å². The van der Waals surface area contributed by atoms with Gasteiger partial charge in [-0.15, -0.1) is 11.3 Å². The number of anilines is 1. The number of carbonyl (C=O) groups is 1. The monoisotopic (exact) mass is 383 g/mol. The number of thiazole rings is 1. The van der Waals surface area contributed by atoms with Crippen molar-refractivity contribution >= 4 is 33.3 Å². The lowest BCUT2D eigenvalue weighted by Crippen LogP contribution is -2.28. The smallest absolute Gasteiger partial charge is 0.261 e. The van der Waals surface area contributed by atoms with Crippen LogP contribution in [0.15, 0.2) is 35.5 Å². The summed E-state index contributed by atoms with van der Waals surface area (Å²) in [5.41, 5.74) is 1.40. The highest BCUT2D eigenvalue weighted by Gasteiger charge is 2.18. The van der Waals surface area contributed by atoms with Gasteiger partial charge in [-0.25, -0.2) is 9.97 Å². The Kier molecular flexibility index (Phi) is 5.00. The van der Waals surface area contributed by atoms with Crippen molar-refractivity contribution in [3.05, 3.63) is 51.5 Å². The van der Waals surface area contributed by atoms with Crippen LogP contribution in [0.25, 0.3) is 10.9 Å². The van der Waals surface area contributed by atoms with Gasteiger partial charge >= 0.3 is 0 Å². The number of benzene rings is 1. The van der Waals surface area contributed by atoms with Crippen LogP contribution in [0.1, 0.15) is 29.2 Å². The van der Waals surface area contributed by atoms with E-state index < -0.39 is 0 Å². The van der Waals surface area contributed by atoms with Crippen molar-refractivity contribution in [3.8, 4) is 0 Å². The maximum absolute atomic E-state index is 12.6. The molecule has 1 amide bonds. The maximum Gasteiger partial charge on any atom is 0.261 e. The minimum Gasteiger partial charge on any atom is -0.317 e. The predicted molar refractivity (Wildman–Crippen MR) is 106 cm³/mol. The Morgan fingerprint density at radius 3 is 2.96 bits per heavy atom. The normalized spacial score (nSPS) is 15.1. The lowest BCUT2D eigenvalue weighted by Gasteiger charge is -2.20. The number of carbonyl (C=O) groups excluding carboxylic acids is 1. The van der Waals surface area contributed by atoms with Gasteiger partial charge < -0.3 is 10.6 Å². The summed E-state index contributed by atoms with van der Waals surface area (Å²) in [6.45, 7) is 3.86. The average molecular weight is 383 g/mol. The Hall–Kier alpha value is -2.58. The Morgan fingerprint density at radius 2 is 2.15 bits per heavy atom. The quantitative estimate of drug-likeness (QED) is 0.721. The van der Waals surface area contributed by atoms with Crippen molar-refractivity contribution in [1.82, 2.24) is 19.9 Å². The van der Waals surface area contributed by atoms with Gasteiger partial charge in [-0.05, 0) is 50.4 Å². The molecule has 1 aromatic carbocycles. The van der Waals surface area contributed by atoms with E-state index in [1.54, 1.807) is 6.07 Å². The van der Waals surface area contributed by atoms with E-state index in [2.05, 4.69) is 20.6 Å². The molecule has 1 fully saturated rings. The Bertz CT molecular complexity index is 1040. The van der Waals surface area contributed by atoms with Crippen LogP contribution in [0.4, 0.5) is 5.13 Å². The minimum absolute atomic E-state index is 0.0853. The molecule has 27 heavy (non-hydrogen) atoms. The van der Waals surface area contributed by atoms with Gasteiger partial charge in [0, 0.05) is 11.1 Å². The Labute approximate surface area is 160 Å². The number of para-hydroxylation sites is 1. The van der Waals surface area contributed by atoms with Crippen molar-refractivity contribution in [2.45, 2.75) is 32.2 Å². The van der Waals surface area contributed by atoms with Crippen molar-refractivity contribution in [3.63, 3.8) is 0 Å². The lowest BCUT2D eigenvalue weighted by molar-refractivity contribution is -0.116. The summed E-state index contributed by atoms with van der Waals surface area (Å²) in [4.78, 5) is 34.8. The van der Waals surface area contributed by atoms with Gasteiger partial charge in [0.1, 0.15) is 6.54 Å². The summed E-state index contributed by atoms with van der Waals surface area (Å²) in [5.74, 6) is 0.224. The predicted octanol–water partition coefficient (Wildman–Crippen LogP) is 2.27. The second-order valence-corrected chi connectivity index (χ2v) is 7.85. The molecule has 0 bridgehead atoms. The van der Waals surface area contributed by atoms with Crippen molar-refractivity contribution < 1.29 is 4.79 Å². The molecule has 3 heterocycles. The molecule has 3 aromatic rings. The van der Waals surface area contributed by atoms with Crippen LogP contribution in [0.2, 0.25) is 0 Å². The molecule has 1 saturated heterocycles. The molecular formula is C19H21N5O2S. The summed E-state index contributed by atoms with van der Waals surface area (Å²) >= 11 is 1.51. The number of aromatic nitrogens is 3. The molecular weight excluding hydrogens is 362 g/mol. The number of fused-ring (bicyclic) bond motifs is 1. The number of piperidine rings is 1. The number of nitrogens with zero attached hydrogens (tertiary/aromatic N) is 3. The summed E-state index contributed by atoms with van der Waals surface area (Å²) < 4.78 is 1.33. The van der Waals surface area contributed by atoms with Crippen LogP contribution in [-0.2, 0) is 11.3 Å². The topological polar surface area (TPSA) is 88.9 Å². The zero-order valence-corrected chi connectivity index (χ0v) is 15.9. The first-order valence-corrected chi connectivity index (χ1v) is 9.84. The molecule has 2 aromatic heterocycles. The molecule has 4 rings (SSSR count). The van der Waals surface area contributed by atoms with Gasteiger partial charge in [-0.2, -0.15) is 0 Å². The van der Waals surface area contributed by atoms with Crippen LogP contribution >= 0.6 is 11.3 Å². The number of hydrogen-bond acceptors (Lipinski definition) is 6. The molecule has 0 atom stereocenters. The van der Waals surface area contributed by atoms with Crippen molar-refractivity contribution in [2.24, 2.45) is 0 Å². The fourth-order valence-electron chi connectivity index (χ4n) is 3.40. The van der Waals surface area contributed by atoms with E-state index in [-0.39, 0.29) is 18.0 Å². The third-order valence-corrected chi connectivity index (χ3v) is 5.96. The second-order valence-electron chi connectivity index (χ2n) is 6.79. The zero-order valence-electron chi connectivity index (χ0n) is 15.1. The summed E-state index contributed by atoms with van der Waals surface area (Å²) in [7, 11) is 0. The third kappa shape index (κ3) is 3.77. The van der Waals surface area contributed by atoms with Crippen LogP contribution in [0.3, 0.4) is 0 Å². The SMILES string of the molecule is Cc1cccc2c(=O)n(CC(=O)Nc3ncc(C4CCNCC4)s3)cnc12. The Balaban J connectivity index is 1.47.